The molecule has 3 heterocycles. The number of hydrogen-bond donors (Lipinski definition) is 1. The molecule has 1 amide bonds. The van der Waals surface area contributed by atoms with E-state index < -0.39 is 10.0 Å². The second-order valence-electron chi connectivity index (χ2n) is 9.79. The fourth-order valence-corrected chi connectivity index (χ4v) is 6.28. The summed E-state index contributed by atoms with van der Waals surface area (Å²) in [6, 6.07) is 5.31. The van der Waals surface area contributed by atoms with Crippen molar-refractivity contribution in [2.45, 2.75) is 50.5 Å². The fourth-order valence-electron chi connectivity index (χ4n) is 4.85. The van der Waals surface area contributed by atoms with Crippen LogP contribution in [-0.2, 0) is 33.0 Å². The summed E-state index contributed by atoms with van der Waals surface area (Å²) in [6.07, 6.45) is 2.85. The van der Waals surface area contributed by atoms with E-state index in [0.29, 0.717) is 50.6 Å². The van der Waals surface area contributed by atoms with Crippen LogP contribution in [0, 0.1) is 5.92 Å². The molecule has 2 aliphatic heterocycles. The molecular weight excluding hydrogens is 454 g/mol. The summed E-state index contributed by atoms with van der Waals surface area (Å²) in [6.45, 7) is 9.19. The maximum absolute atomic E-state index is 13.0. The van der Waals surface area contributed by atoms with Gasteiger partial charge in [0, 0.05) is 58.7 Å². The Morgan fingerprint density at radius 2 is 1.88 bits per heavy atom. The van der Waals surface area contributed by atoms with Gasteiger partial charge in [-0.15, -0.1) is 0 Å². The highest BCUT2D eigenvalue weighted by Crippen LogP contribution is 2.23. The molecule has 1 aromatic heterocycles. The van der Waals surface area contributed by atoms with Gasteiger partial charge in [0.1, 0.15) is 5.82 Å². The highest BCUT2D eigenvalue weighted by molar-refractivity contribution is 7.89. The van der Waals surface area contributed by atoms with Crippen molar-refractivity contribution in [2.24, 2.45) is 13.0 Å². The van der Waals surface area contributed by atoms with Crippen molar-refractivity contribution in [3.63, 3.8) is 0 Å². The van der Waals surface area contributed by atoms with Crippen LogP contribution in [0.15, 0.2) is 23.1 Å². The largest absolute Gasteiger partial charge is 0.379 e. The molecule has 0 bridgehead atoms. The summed E-state index contributed by atoms with van der Waals surface area (Å²) in [5.41, 5.74) is 1.48. The molecule has 1 aromatic carbocycles. The van der Waals surface area contributed by atoms with Gasteiger partial charge in [-0.1, -0.05) is 13.8 Å². The molecule has 0 atom stereocenters. The van der Waals surface area contributed by atoms with Crippen molar-refractivity contribution >= 4 is 27.0 Å². The Labute approximate surface area is 202 Å². The molecule has 2 saturated heterocycles. The first-order valence-electron chi connectivity index (χ1n) is 12.3. The number of sulfonamides is 1. The number of aromatic nitrogens is 2. The number of hydrogen-bond acceptors (Lipinski definition) is 6. The average molecular weight is 492 g/mol. The molecule has 34 heavy (non-hydrogen) atoms. The zero-order valence-corrected chi connectivity index (χ0v) is 21.3. The van der Waals surface area contributed by atoms with Crippen LogP contribution < -0.4 is 5.32 Å². The number of carbonyl (C=O) groups is 1. The van der Waals surface area contributed by atoms with Crippen molar-refractivity contribution in [1.82, 2.24) is 24.1 Å². The highest BCUT2D eigenvalue weighted by Gasteiger charge is 2.27. The van der Waals surface area contributed by atoms with Gasteiger partial charge in [-0.2, -0.15) is 4.31 Å². The molecular formula is C24H37N5O4S. The summed E-state index contributed by atoms with van der Waals surface area (Å²) in [7, 11) is -1.67. The third-order valence-electron chi connectivity index (χ3n) is 6.70. The minimum atomic E-state index is -3.57. The molecule has 2 fully saturated rings. The van der Waals surface area contributed by atoms with Crippen molar-refractivity contribution in [2.75, 3.05) is 45.9 Å². The van der Waals surface area contributed by atoms with Crippen molar-refractivity contribution in [1.29, 1.82) is 0 Å². The van der Waals surface area contributed by atoms with E-state index in [1.807, 2.05) is 11.6 Å². The Bertz CT molecular complexity index is 1100. The second-order valence-corrected chi connectivity index (χ2v) is 11.7. The topological polar surface area (TPSA) is 96.8 Å². The third kappa shape index (κ3) is 5.79. The van der Waals surface area contributed by atoms with Gasteiger partial charge in [0.05, 0.1) is 29.1 Å². The van der Waals surface area contributed by atoms with E-state index in [-0.39, 0.29) is 16.8 Å². The SMILES string of the molecule is CC(C)CN1CCC(NC(=O)CCc2nc3cc(S(=O)(=O)N4CCOCC4)ccc3n2C)CC1. The number of imidazole rings is 1. The second kappa shape index (κ2) is 10.7. The van der Waals surface area contributed by atoms with Crippen LogP contribution >= 0.6 is 0 Å². The number of benzene rings is 1. The van der Waals surface area contributed by atoms with Crippen molar-refractivity contribution < 1.29 is 17.9 Å². The molecule has 1 N–H and O–H groups in total. The summed E-state index contributed by atoms with van der Waals surface area (Å²) in [5, 5.41) is 3.18. The first-order chi connectivity index (χ1) is 16.2. The van der Waals surface area contributed by atoms with Gasteiger partial charge < -0.3 is 19.5 Å². The zero-order chi connectivity index (χ0) is 24.3. The van der Waals surface area contributed by atoms with Gasteiger partial charge in [0.25, 0.3) is 0 Å². The predicted molar refractivity (Wildman–Crippen MR) is 131 cm³/mol. The van der Waals surface area contributed by atoms with Gasteiger partial charge in [-0.3, -0.25) is 4.79 Å². The van der Waals surface area contributed by atoms with E-state index >= 15 is 0 Å². The van der Waals surface area contributed by atoms with Crippen molar-refractivity contribution in [3.8, 4) is 0 Å². The normalized spacial score (nSPS) is 19.2. The van der Waals surface area contributed by atoms with Gasteiger partial charge >= 0.3 is 0 Å². The zero-order valence-electron chi connectivity index (χ0n) is 20.5. The van der Waals surface area contributed by atoms with Crippen LogP contribution in [0.25, 0.3) is 11.0 Å². The number of rotatable bonds is 8. The molecule has 0 aliphatic carbocycles. The molecule has 10 heteroatoms. The Balaban J connectivity index is 1.35. The number of fused-ring (bicyclic) bond motifs is 1. The molecule has 0 saturated carbocycles. The average Bonchev–Trinajstić information content (AvgIpc) is 3.14. The molecule has 0 spiro atoms. The van der Waals surface area contributed by atoms with Gasteiger partial charge in [0.2, 0.25) is 15.9 Å². The van der Waals surface area contributed by atoms with E-state index in [4.69, 9.17) is 4.74 Å². The number of nitrogens with one attached hydrogen (secondary N) is 1. The van der Waals surface area contributed by atoms with E-state index in [2.05, 4.69) is 29.0 Å². The molecule has 0 radical (unpaired) electrons. The summed E-state index contributed by atoms with van der Waals surface area (Å²) in [4.78, 5) is 19.9. The van der Waals surface area contributed by atoms with Gasteiger partial charge in [-0.05, 0) is 37.0 Å². The number of morpholine rings is 1. The molecule has 2 aliphatic rings. The minimum absolute atomic E-state index is 0.0462. The Morgan fingerprint density at radius 1 is 1.18 bits per heavy atom. The quantitative estimate of drug-likeness (QED) is 0.605. The lowest BCUT2D eigenvalue weighted by Gasteiger charge is -2.33. The summed E-state index contributed by atoms with van der Waals surface area (Å²) >= 11 is 0. The van der Waals surface area contributed by atoms with E-state index in [1.54, 1.807) is 18.2 Å². The first-order valence-corrected chi connectivity index (χ1v) is 13.7. The molecule has 188 valence electrons. The lowest BCUT2D eigenvalue weighted by Crippen LogP contribution is -2.45. The lowest BCUT2D eigenvalue weighted by molar-refractivity contribution is -0.122. The predicted octanol–water partition coefficient (Wildman–Crippen LogP) is 1.76. The number of amides is 1. The molecule has 2 aromatic rings. The Kier molecular flexibility index (Phi) is 7.91. The van der Waals surface area contributed by atoms with E-state index in [0.717, 1.165) is 43.8 Å². The molecule has 0 unspecified atom stereocenters. The minimum Gasteiger partial charge on any atom is -0.379 e. The van der Waals surface area contributed by atoms with Gasteiger partial charge in [-0.25, -0.2) is 13.4 Å². The van der Waals surface area contributed by atoms with Crippen LogP contribution in [0.1, 0.15) is 38.9 Å². The number of aryl methyl sites for hydroxylation is 2. The van der Waals surface area contributed by atoms with Crippen molar-refractivity contribution in [3.05, 3.63) is 24.0 Å². The highest BCUT2D eigenvalue weighted by atomic mass is 32.2. The monoisotopic (exact) mass is 491 g/mol. The molecule has 4 rings (SSSR count). The number of ether oxygens (including phenoxy) is 1. The fraction of sp³-hybridized carbons (Fsp3) is 0.667. The van der Waals surface area contributed by atoms with Crippen LogP contribution in [0.4, 0.5) is 0 Å². The lowest BCUT2D eigenvalue weighted by atomic mass is 10.0. The number of nitrogens with zero attached hydrogens (tertiary/aromatic N) is 4. The van der Waals surface area contributed by atoms with Crippen LogP contribution in [0.2, 0.25) is 0 Å². The smallest absolute Gasteiger partial charge is 0.243 e. The summed E-state index contributed by atoms with van der Waals surface area (Å²) < 4.78 is 34.6. The maximum atomic E-state index is 13.0. The van der Waals surface area contributed by atoms with Crippen LogP contribution in [0.3, 0.4) is 0 Å². The first kappa shape index (κ1) is 25.1. The number of carbonyl (C=O) groups excluding carboxylic acids is 1. The summed E-state index contributed by atoms with van der Waals surface area (Å²) in [5.74, 6) is 1.48. The van der Waals surface area contributed by atoms with Crippen LogP contribution in [-0.4, -0.2) is 85.1 Å². The standard InChI is InChI=1S/C24H37N5O4S/c1-18(2)17-28-10-8-19(9-11-28)25-24(30)7-6-23-26-21-16-20(4-5-22(21)27(23)3)34(31,32)29-12-14-33-15-13-29/h4-5,16,18-19H,6-15,17H2,1-3H3,(H,25,30). The van der Waals surface area contributed by atoms with E-state index in [9.17, 15) is 13.2 Å². The van der Waals surface area contributed by atoms with Gasteiger partial charge in [0.15, 0.2) is 0 Å². The number of piperidine rings is 1. The molecule has 9 nitrogen and oxygen atoms in total. The Morgan fingerprint density at radius 3 is 2.56 bits per heavy atom. The Hall–Kier alpha value is -2.01. The van der Waals surface area contributed by atoms with E-state index in [1.165, 1.54) is 4.31 Å². The van der Waals surface area contributed by atoms with Crippen LogP contribution in [0.5, 0.6) is 0 Å². The number of likely N-dealkylation sites (tertiary alicyclic amines) is 1. The maximum Gasteiger partial charge on any atom is 0.243 e. The third-order valence-corrected chi connectivity index (χ3v) is 8.60.